The van der Waals surface area contributed by atoms with Crippen LogP contribution < -0.4 is 9.80 Å². The molecule has 3 N–H and O–H groups in total. The summed E-state index contributed by atoms with van der Waals surface area (Å²) in [5.41, 5.74) is 8.07. The number of aryl methyl sites for hydroxylation is 2. The number of carbonyl (C=O) groups is 3. The Balaban J connectivity index is 0.000000165. The van der Waals surface area contributed by atoms with Crippen LogP contribution in [-0.2, 0) is 72.5 Å². The summed E-state index contributed by atoms with van der Waals surface area (Å²) >= 11 is 4.67. The fourth-order valence-corrected chi connectivity index (χ4v) is 19.5. The van der Waals surface area contributed by atoms with Crippen molar-refractivity contribution in [1.29, 1.82) is 0 Å². The number of para-hydroxylation sites is 2. The first-order valence-electron chi connectivity index (χ1n) is 33.6. The van der Waals surface area contributed by atoms with Gasteiger partial charge in [-0.25, -0.2) is 39.6 Å². The summed E-state index contributed by atoms with van der Waals surface area (Å²) in [5, 5.41) is 29.2. The largest absolute Gasteiger partial charge is 0.478 e. The maximum absolute atomic E-state index is 13.1. The number of carboxylic acid groups (broad SMARTS) is 3. The van der Waals surface area contributed by atoms with Gasteiger partial charge in [0.2, 0.25) is 30.1 Å². The van der Waals surface area contributed by atoms with Gasteiger partial charge in [0.15, 0.2) is 0 Å². The topological polar surface area (TPSA) is 234 Å². The van der Waals surface area contributed by atoms with E-state index in [0.29, 0.717) is 101 Å². The highest BCUT2D eigenvalue weighted by Gasteiger charge is 2.32. The van der Waals surface area contributed by atoms with Crippen LogP contribution in [0, 0.1) is 0 Å². The predicted octanol–water partition coefficient (Wildman–Crippen LogP) is 13.1. The van der Waals surface area contributed by atoms with Gasteiger partial charge in [0.1, 0.15) is 0 Å². The molecule has 0 amide bonds. The minimum Gasteiger partial charge on any atom is -0.478 e. The molecule has 534 valence electrons. The van der Waals surface area contributed by atoms with Crippen molar-refractivity contribution in [3.05, 3.63) is 292 Å². The molecule has 0 aliphatic carbocycles. The van der Waals surface area contributed by atoms with Crippen molar-refractivity contribution in [3.63, 3.8) is 0 Å². The highest BCUT2D eigenvalue weighted by Crippen LogP contribution is 2.31. The molecule has 0 unspecified atom stereocenters. The molecule has 18 nitrogen and oxygen atoms in total. The third-order valence-corrected chi connectivity index (χ3v) is 26.2. The number of benzene rings is 9. The summed E-state index contributed by atoms with van der Waals surface area (Å²) in [6, 6.07) is 75.3. The lowest BCUT2D eigenvalue weighted by Crippen LogP contribution is -2.49. The van der Waals surface area contributed by atoms with Crippen molar-refractivity contribution in [2.75, 3.05) is 99.8 Å². The van der Waals surface area contributed by atoms with Gasteiger partial charge in [-0.3, -0.25) is 4.90 Å². The lowest BCUT2D eigenvalue weighted by atomic mass is 10.1. The molecular weight excluding hydrogens is 1410 g/mol. The molecular formula is C78H84N6O12S6. The Hall–Kier alpha value is -8.27. The Labute approximate surface area is 612 Å². The number of hydrogen-bond acceptors (Lipinski definition) is 15. The van der Waals surface area contributed by atoms with Crippen LogP contribution in [-0.4, -0.2) is 166 Å². The molecule has 3 fully saturated rings. The smallest absolute Gasteiger partial charge is 0.336 e. The van der Waals surface area contributed by atoms with Gasteiger partial charge in [0.25, 0.3) is 0 Å². The molecule has 0 atom stereocenters. The molecule has 9 aromatic rings. The van der Waals surface area contributed by atoms with Crippen LogP contribution in [0.4, 0.5) is 11.4 Å². The zero-order valence-electron chi connectivity index (χ0n) is 56.5. The summed E-state index contributed by atoms with van der Waals surface area (Å²) in [7, 11) is -10.9. The van der Waals surface area contributed by atoms with Crippen molar-refractivity contribution in [2.24, 2.45) is 0 Å². The molecule has 0 bridgehead atoms. The van der Waals surface area contributed by atoms with Crippen LogP contribution in [0.5, 0.6) is 0 Å². The summed E-state index contributed by atoms with van der Waals surface area (Å²) < 4.78 is 83.0. The minimum absolute atomic E-state index is 0.0413. The van der Waals surface area contributed by atoms with E-state index in [4.69, 9.17) is 0 Å². The van der Waals surface area contributed by atoms with Crippen LogP contribution in [0.2, 0.25) is 0 Å². The van der Waals surface area contributed by atoms with E-state index in [0.717, 1.165) is 62.5 Å². The lowest BCUT2D eigenvalue weighted by Gasteiger charge is -2.35. The summed E-state index contributed by atoms with van der Waals surface area (Å²) in [4.78, 5) is 44.7. The SMILES string of the molecule is O=C(O)c1cc(SCCc2ccccc2)ccc1CS(=O)(=O)N1CCN(Cc2ccccc2)CC1.O=C(O)c1cc(SCCc2ccccc2)ccc1CS(=O)(=O)N1CCN(c2ccccc2)CC1.O=C(O)c1cc(SCc2ccccc2)ccc1CS(=O)(=O)N1CCN(c2ccccc2)CC1. The number of anilines is 2. The zero-order valence-corrected chi connectivity index (χ0v) is 61.4. The van der Waals surface area contributed by atoms with Gasteiger partial charge in [-0.05, 0) is 112 Å². The van der Waals surface area contributed by atoms with Crippen molar-refractivity contribution < 1.29 is 55.0 Å². The molecule has 0 radical (unpaired) electrons. The van der Waals surface area contributed by atoms with Crippen LogP contribution in [0.15, 0.2) is 251 Å². The molecule has 3 heterocycles. The number of thioether (sulfide) groups is 3. The van der Waals surface area contributed by atoms with Gasteiger partial charge in [0, 0.05) is 128 Å². The molecule has 9 aromatic carbocycles. The minimum atomic E-state index is -3.63. The first-order valence-corrected chi connectivity index (χ1v) is 41.4. The first kappa shape index (κ1) is 76.4. The number of piperazine rings is 3. The van der Waals surface area contributed by atoms with E-state index in [1.165, 1.54) is 41.4 Å². The van der Waals surface area contributed by atoms with E-state index in [1.54, 1.807) is 66.0 Å². The van der Waals surface area contributed by atoms with Crippen molar-refractivity contribution in [2.45, 2.75) is 57.1 Å². The number of hydrogen-bond donors (Lipinski definition) is 3. The first-order chi connectivity index (χ1) is 49.2. The van der Waals surface area contributed by atoms with Gasteiger partial charge in [0.05, 0.1) is 33.9 Å². The summed E-state index contributed by atoms with van der Waals surface area (Å²) in [6.45, 7) is 6.84. The highest BCUT2D eigenvalue weighted by molar-refractivity contribution is 7.99. The third-order valence-electron chi connectivity index (χ3n) is 17.7. The number of rotatable bonds is 27. The normalized spacial score (nSPS) is 14.9. The maximum atomic E-state index is 13.1. The summed E-state index contributed by atoms with van der Waals surface area (Å²) in [5.74, 6) is -1.92. The van der Waals surface area contributed by atoms with Crippen molar-refractivity contribution in [1.82, 2.24) is 17.8 Å². The van der Waals surface area contributed by atoms with E-state index in [-0.39, 0.29) is 33.9 Å². The Morgan fingerprint density at radius 2 is 0.608 bits per heavy atom. The second kappa shape index (κ2) is 37.2. The van der Waals surface area contributed by atoms with Crippen molar-refractivity contribution >= 4 is 94.6 Å². The molecule has 0 spiro atoms. The van der Waals surface area contributed by atoms with Crippen LogP contribution >= 0.6 is 35.3 Å². The molecule has 3 saturated heterocycles. The van der Waals surface area contributed by atoms with Gasteiger partial charge in [-0.2, -0.15) is 12.9 Å². The standard InChI is InChI=1S/C27H30N2O4S2.C26H28N2O4S2.C25H26N2O4S2/c30-27(31)26-19-25(34-18-13-22-7-3-1-4-8-22)12-11-24(26)21-35(32,33)29-16-14-28(15-17-29)20-23-9-5-2-6-10-23;29-26(30)25-19-24(33-18-13-21-7-3-1-4-8-21)12-11-22(25)20-34(31,32)28-16-14-27(15-17-28)23-9-5-2-6-10-23;28-25(29)24-17-23(32-18-20-7-3-1-4-8-20)12-11-21(24)19-33(30,31)27-15-13-26(14-16-27)22-9-5-2-6-10-22/h1-12,19H,13-18,20-21H2,(H,30,31);1-12,19H,13-18,20H2,(H,29,30);1-12,17H,13-16,18-19H2,(H,28,29). The second-order valence-corrected chi connectivity index (χ2v) is 34.0. The number of sulfonamides is 3. The molecule has 24 heteroatoms. The van der Waals surface area contributed by atoms with Gasteiger partial charge in [-0.15, -0.1) is 35.3 Å². The predicted molar refractivity (Wildman–Crippen MR) is 410 cm³/mol. The van der Waals surface area contributed by atoms with Gasteiger partial charge in [-0.1, -0.05) is 176 Å². The van der Waals surface area contributed by atoms with E-state index in [2.05, 4.69) is 51.1 Å². The van der Waals surface area contributed by atoms with Gasteiger partial charge < -0.3 is 25.1 Å². The Kier molecular flexibility index (Phi) is 27.9. The van der Waals surface area contributed by atoms with E-state index in [9.17, 15) is 55.0 Å². The van der Waals surface area contributed by atoms with Crippen LogP contribution in [0.1, 0.15) is 70.0 Å². The highest BCUT2D eigenvalue weighted by atomic mass is 32.2. The lowest BCUT2D eigenvalue weighted by molar-refractivity contribution is 0.0684. The maximum Gasteiger partial charge on any atom is 0.336 e. The average molecular weight is 1490 g/mol. The molecule has 102 heavy (non-hydrogen) atoms. The Bertz CT molecular complexity index is 4560. The second-order valence-electron chi connectivity index (χ2n) is 24.7. The van der Waals surface area contributed by atoms with Crippen LogP contribution in [0.3, 0.4) is 0 Å². The van der Waals surface area contributed by atoms with Crippen molar-refractivity contribution in [3.8, 4) is 0 Å². The fourth-order valence-electron chi connectivity index (χ4n) is 12.1. The average Bonchev–Trinajstić information content (AvgIpc) is 0.789. The Morgan fingerprint density at radius 1 is 0.324 bits per heavy atom. The monoisotopic (exact) mass is 1490 g/mol. The molecule has 3 aliphatic heterocycles. The molecule has 3 aliphatic rings. The number of nitrogens with zero attached hydrogens (tertiary/aromatic N) is 6. The quantitative estimate of drug-likeness (QED) is 0.0406. The number of carboxylic acids is 3. The molecule has 0 saturated carbocycles. The fraction of sp³-hybridized carbons (Fsp3) is 0.269. The van der Waals surface area contributed by atoms with E-state index in [1.807, 2.05) is 158 Å². The molecule has 0 aromatic heterocycles. The third kappa shape index (κ3) is 22.6. The molecule has 12 rings (SSSR count). The van der Waals surface area contributed by atoms with Gasteiger partial charge >= 0.3 is 17.9 Å². The summed E-state index contributed by atoms with van der Waals surface area (Å²) in [6.07, 6.45) is 1.75. The zero-order chi connectivity index (χ0) is 71.9. The van der Waals surface area contributed by atoms with E-state index < -0.39 is 48.0 Å². The van der Waals surface area contributed by atoms with E-state index >= 15 is 0 Å². The Morgan fingerprint density at radius 3 is 0.931 bits per heavy atom. The van der Waals surface area contributed by atoms with Crippen LogP contribution in [0.25, 0.3) is 0 Å². The number of aromatic carboxylic acids is 3.